The minimum atomic E-state index is -3.35. The first-order valence-corrected chi connectivity index (χ1v) is 6.58. The molecule has 0 atom stereocenters. The molecule has 0 bridgehead atoms. The van der Waals surface area contributed by atoms with E-state index in [9.17, 15) is 8.42 Å². The molecule has 0 heterocycles. The molecule has 0 aliphatic heterocycles. The van der Waals surface area contributed by atoms with E-state index in [-0.39, 0.29) is 11.6 Å². The molecule has 0 unspecified atom stereocenters. The third-order valence-corrected chi connectivity index (χ3v) is 3.64. The van der Waals surface area contributed by atoms with E-state index in [1.54, 1.807) is 13.8 Å². The molecule has 0 rings (SSSR count). The van der Waals surface area contributed by atoms with Crippen LogP contribution in [0.15, 0.2) is 0 Å². The van der Waals surface area contributed by atoms with Crippen LogP contribution in [0.5, 0.6) is 0 Å². The Labute approximate surface area is 92.0 Å². The maximum atomic E-state index is 11.6. The number of nitrogens with one attached hydrogen (secondary N) is 2. The molecule has 0 aliphatic rings. The van der Waals surface area contributed by atoms with E-state index < -0.39 is 15.6 Å². The van der Waals surface area contributed by atoms with Crippen molar-refractivity contribution in [3.05, 3.63) is 0 Å². The second-order valence-electron chi connectivity index (χ2n) is 4.64. The Morgan fingerprint density at radius 1 is 1.47 bits per heavy atom. The van der Waals surface area contributed by atoms with Crippen LogP contribution in [-0.4, -0.2) is 25.5 Å². The highest BCUT2D eigenvalue weighted by atomic mass is 32.2. The fourth-order valence-electron chi connectivity index (χ4n) is 0.886. The van der Waals surface area contributed by atoms with Gasteiger partial charge in [-0.25, -0.2) is 13.1 Å². The molecule has 0 amide bonds. The first-order valence-electron chi connectivity index (χ1n) is 4.93. The zero-order valence-corrected chi connectivity index (χ0v) is 10.6. The van der Waals surface area contributed by atoms with E-state index in [1.807, 2.05) is 13.8 Å². The van der Waals surface area contributed by atoms with E-state index in [4.69, 9.17) is 11.1 Å². The molecule has 0 aromatic heterocycles. The number of hydrogen-bond acceptors (Lipinski definition) is 3. The highest BCUT2D eigenvalue weighted by Crippen LogP contribution is 2.07. The Balaban J connectivity index is 4.45. The van der Waals surface area contributed by atoms with Crippen LogP contribution < -0.4 is 10.5 Å². The van der Waals surface area contributed by atoms with Crippen LogP contribution in [0.4, 0.5) is 0 Å². The molecular formula is C9H21N3O2S. The lowest BCUT2D eigenvalue weighted by Crippen LogP contribution is -2.53. The molecule has 0 saturated carbocycles. The summed E-state index contributed by atoms with van der Waals surface area (Å²) >= 11 is 0. The average Bonchev–Trinajstić information content (AvgIpc) is 1.99. The van der Waals surface area contributed by atoms with Crippen molar-refractivity contribution >= 4 is 15.9 Å². The van der Waals surface area contributed by atoms with Crippen molar-refractivity contribution in [2.24, 2.45) is 11.7 Å². The largest absolute Gasteiger partial charge is 0.386 e. The summed E-state index contributed by atoms with van der Waals surface area (Å²) in [5.41, 5.74) is 4.29. The second-order valence-corrected chi connectivity index (χ2v) is 6.48. The minimum Gasteiger partial charge on any atom is -0.386 e. The molecule has 0 spiro atoms. The fourth-order valence-corrected chi connectivity index (χ4v) is 2.66. The lowest BCUT2D eigenvalue weighted by molar-refractivity contribution is 0.530. The van der Waals surface area contributed by atoms with Crippen molar-refractivity contribution in [3.8, 4) is 0 Å². The van der Waals surface area contributed by atoms with E-state index in [1.165, 1.54) is 0 Å². The molecule has 5 nitrogen and oxygen atoms in total. The van der Waals surface area contributed by atoms with Crippen molar-refractivity contribution < 1.29 is 8.42 Å². The number of hydrogen-bond donors (Lipinski definition) is 3. The van der Waals surface area contributed by atoms with Crippen molar-refractivity contribution in [3.63, 3.8) is 0 Å². The quantitative estimate of drug-likeness (QED) is 0.466. The third-order valence-electron chi connectivity index (χ3n) is 2.05. The van der Waals surface area contributed by atoms with Crippen molar-refractivity contribution in [1.82, 2.24) is 4.72 Å². The van der Waals surface area contributed by atoms with Gasteiger partial charge in [-0.2, -0.15) is 0 Å². The first-order chi connectivity index (χ1) is 6.57. The molecule has 0 radical (unpaired) electrons. The van der Waals surface area contributed by atoms with Crippen molar-refractivity contribution in [1.29, 1.82) is 5.41 Å². The Bertz CT molecular complexity index is 320. The van der Waals surface area contributed by atoms with Gasteiger partial charge in [-0.05, 0) is 26.2 Å². The van der Waals surface area contributed by atoms with Crippen LogP contribution in [-0.2, 0) is 10.0 Å². The molecule has 0 aromatic carbocycles. The summed E-state index contributed by atoms with van der Waals surface area (Å²) in [6.07, 6.45) is 0.601. The van der Waals surface area contributed by atoms with Gasteiger partial charge < -0.3 is 5.73 Å². The maximum Gasteiger partial charge on any atom is 0.212 e. The van der Waals surface area contributed by atoms with Crippen LogP contribution in [0.2, 0.25) is 0 Å². The zero-order valence-electron chi connectivity index (χ0n) is 9.79. The van der Waals surface area contributed by atoms with Gasteiger partial charge in [0, 0.05) is 0 Å². The molecule has 90 valence electrons. The van der Waals surface area contributed by atoms with Gasteiger partial charge in [0.1, 0.15) is 5.84 Å². The minimum absolute atomic E-state index is 0.0708. The second kappa shape index (κ2) is 4.94. The number of sulfonamides is 1. The van der Waals surface area contributed by atoms with E-state index in [0.717, 1.165) is 0 Å². The van der Waals surface area contributed by atoms with Crippen LogP contribution in [0, 0.1) is 11.3 Å². The SMILES string of the molecule is CC(C)CCS(=O)(=O)NC(C)(C)C(=N)N. The predicted octanol–water partition coefficient (Wildman–Crippen LogP) is 0.666. The van der Waals surface area contributed by atoms with E-state index in [2.05, 4.69) is 4.72 Å². The van der Waals surface area contributed by atoms with Crippen molar-refractivity contribution in [2.45, 2.75) is 39.7 Å². The van der Waals surface area contributed by atoms with Gasteiger partial charge in [-0.15, -0.1) is 0 Å². The lowest BCUT2D eigenvalue weighted by Gasteiger charge is -2.24. The molecule has 6 heteroatoms. The van der Waals surface area contributed by atoms with Crippen LogP contribution in [0.1, 0.15) is 34.1 Å². The van der Waals surface area contributed by atoms with Crippen LogP contribution in [0.3, 0.4) is 0 Å². The van der Waals surface area contributed by atoms with Gasteiger partial charge >= 0.3 is 0 Å². The van der Waals surface area contributed by atoms with Gasteiger partial charge in [-0.3, -0.25) is 5.41 Å². The molecule has 0 fully saturated rings. The van der Waals surface area contributed by atoms with Crippen LogP contribution >= 0.6 is 0 Å². The molecule has 0 saturated heterocycles. The Morgan fingerprint density at radius 2 is 1.93 bits per heavy atom. The number of amidine groups is 1. The van der Waals surface area contributed by atoms with Gasteiger partial charge in [0.2, 0.25) is 10.0 Å². The van der Waals surface area contributed by atoms with Gasteiger partial charge in [0.25, 0.3) is 0 Å². The normalized spacial score (nSPS) is 13.1. The van der Waals surface area contributed by atoms with Crippen molar-refractivity contribution in [2.75, 3.05) is 5.75 Å². The van der Waals surface area contributed by atoms with Gasteiger partial charge in [0.05, 0.1) is 11.3 Å². The topological polar surface area (TPSA) is 96.0 Å². The van der Waals surface area contributed by atoms with E-state index >= 15 is 0 Å². The Kier molecular flexibility index (Phi) is 4.73. The Morgan fingerprint density at radius 3 is 2.27 bits per heavy atom. The molecule has 4 N–H and O–H groups in total. The summed E-state index contributed by atoms with van der Waals surface area (Å²) in [5, 5.41) is 7.24. The summed E-state index contributed by atoms with van der Waals surface area (Å²) in [6.45, 7) is 7.07. The zero-order chi connectivity index (χ0) is 12.3. The average molecular weight is 235 g/mol. The highest BCUT2D eigenvalue weighted by molar-refractivity contribution is 7.89. The predicted molar refractivity (Wildman–Crippen MR) is 62.4 cm³/mol. The van der Waals surface area contributed by atoms with Gasteiger partial charge in [0.15, 0.2) is 0 Å². The lowest BCUT2D eigenvalue weighted by atomic mass is 10.1. The summed E-state index contributed by atoms with van der Waals surface area (Å²) < 4.78 is 25.6. The third kappa shape index (κ3) is 5.74. The maximum absolute atomic E-state index is 11.6. The Hall–Kier alpha value is -0.620. The summed E-state index contributed by atoms with van der Waals surface area (Å²) in [5.74, 6) is 0.221. The fraction of sp³-hybridized carbons (Fsp3) is 0.889. The molecule has 0 aromatic rings. The highest BCUT2D eigenvalue weighted by Gasteiger charge is 2.27. The molecular weight excluding hydrogens is 214 g/mol. The first kappa shape index (κ1) is 14.4. The van der Waals surface area contributed by atoms with E-state index in [0.29, 0.717) is 12.3 Å². The van der Waals surface area contributed by atoms with Gasteiger partial charge in [-0.1, -0.05) is 13.8 Å². The summed E-state index contributed by atoms with van der Waals surface area (Å²) in [7, 11) is -3.35. The standard InChI is InChI=1S/C9H21N3O2S/c1-7(2)5-6-15(13,14)12-9(3,4)8(10)11/h7,12H,5-6H2,1-4H3,(H3,10,11). The summed E-state index contributed by atoms with van der Waals surface area (Å²) in [6, 6.07) is 0. The smallest absolute Gasteiger partial charge is 0.212 e. The molecule has 0 aliphatic carbocycles. The summed E-state index contributed by atoms with van der Waals surface area (Å²) in [4.78, 5) is 0. The van der Waals surface area contributed by atoms with Crippen LogP contribution in [0.25, 0.3) is 0 Å². The number of nitrogens with two attached hydrogens (primary N) is 1. The molecule has 15 heavy (non-hydrogen) atoms. The number of rotatable bonds is 6. The monoisotopic (exact) mass is 235 g/mol.